The molecule has 2 aliphatic heterocycles. The molecule has 53 heavy (non-hydrogen) atoms. The van der Waals surface area contributed by atoms with Crippen LogP contribution in [0.5, 0.6) is 17.2 Å². The molecule has 14 heteroatoms. The third-order valence-corrected chi connectivity index (χ3v) is 11.8. The summed E-state index contributed by atoms with van der Waals surface area (Å²) < 4.78 is 32.3. The molecule has 0 radical (unpaired) electrons. The molecule has 2 amide bonds. The van der Waals surface area contributed by atoms with Gasteiger partial charge in [0.2, 0.25) is 11.3 Å². The number of ether oxygens (including phenoxy) is 3. The highest BCUT2D eigenvalue weighted by Crippen LogP contribution is 2.41. The number of amides is 2. The zero-order valence-corrected chi connectivity index (χ0v) is 31.5. The van der Waals surface area contributed by atoms with Gasteiger partial charge in [-0.2, -0.15) is 0 Å². The molecule has 0 bridgehead atoms. The van der Waals surface area contributed by atoms with Crippen LogP contribution in [0.3, 0.4) is 0 Å². The Morgan fingerprint density at radius 1 is 0.868 bits per heavy atom. The second kappa shape index (κ2) is 16.3. The molecule has 1 saturated heterocycles. The van der Waals surface area contributed by atoms with Crippen molar-refractivity contribution in [1.29, 1.82) is 0 Å². The van der Waals surface area contributed by atoms with Gasteiger partial charge in [-0.05, 0) is 64.1 Å². The average Bonchev–Trinajstić information content (AvgIpc) is 3.67. The molecule has 270 valence electrons. The van der Waals surface area contributed by atoms with Crippen molar-refractivity contribution in [2.24, 2.45) is 0 Å². The first-order valence-corrected chi connectivity index (χ1v) is 19.7. The highest BCUT2D eigenvalue weighted by atomic mass is 35.5. The van der Waals surface area contributed by atoms with Gasteiger partial charge in [0, 0.05) is 26.6 Å². The van der Waals surface area contributed by atoms with E-state index in [1.165, 1.54) is 23.5 Å². The second-order valence-corrected chi connectivity index (χ2v) is 15.9. The molecular weight excluding hydrogens is 779 g/mol. The van der Waals surface area contributed by atoms with Crippen LogP contribution in [0.1, 0.15) is 22.1 Å². The molecule has 9 nitrogen and oxygen atoms in total. The van der Waals surface area contributed by atoms with Gasteiger partial charge in [0.1, 0.15) is 23.8 Å². The molecule has 3 atom stereocenters. The summed E-state index contributed by atoms with van der Waals surface area (Å²) in [6.07, 6.45) is -0.772. The van der Waals surface area contributed by atoms with Crippen LogP contribution in [-0.4, -0.2) is 51.0 Å². The highest BCUT2D eigenvalue weighted by molar-refractivity contribution is 7.92. The molecule has 7 rings (SSSR count). The van der Waals surface area contributed by atoms with Gasteiger partial charge < -0.3 is 24.1 Å². The van der Waals surface area contributed by atoms with Crippen molar-refractivity contribution in [3.8, 4) is 17.2 Å². The Morgan fingerprint density at radius 3 is 2.17 bits per heavy atom. The van der Waals surface area contributed by atoms with Crippen molar-refractivity contribution >= 4 is 75.1 Å². The van der Waals surface area contributed by atoms with Crippen LogP contribution >= 0.6 is 46.1 Å². The van der Waals surface area contributed by atoms with Crippen molar-refractivity contribution < 1.29 is 33.1 Å². The summed E-state index contributed by atoms with van der Waals surface area (Å²) in [6, 6.07) is 30.4. The Labute approximate surface area is 327 Å². The summed E-state index contributed by atoms with van der Waals surface area (Å²) in [4.78, 5) is 43.1. The van der Waals surface area contributed by atoms with Crippen LogP contribution in [0.15, 0.2) is 126 Å². The lowest BCUT2D eigenvalue weighted by Crippen LogP contribution is -2.75. The van der Waals surface area contributed by atoms with Gasteiger partial charge in [-0.15, -0.1) is 11.3 Å². The van der Waals surface area contributed by atoms with E-state index in [2.05, 4.69) is 5.32 Å². The van der Waals surface area contributed by atoms with Crippen molar-refractivity contribution in [2.75, 3.05) is 12.4 Å². The Kier molecular flexibility index (Phi) is 11.3. The van der Waals surface area contributed by atoms with E-state index in [-0.39, 0.29) is 46.6 Å². The Balaban J connectivity index is 1.21. The Morgan fingerprint density at radius 2 is 1.53 bits per heavy atom. The number of thiophene rings is 1. The van der Waals surface area contributed by atoms with Crippen molar-refractivity contribution in [2.45, 2.75) is 23.9 Å². The van der Waals surface area contributed by atoms with E-state index in [1.807, 2.05) is 78.2 Å². The summed E-state index contributed by atoms with van der Waals surface area (Å²) in [5.74, 6) is -1.21. The van der Waals surface area contributed by atoms with Crippen molar-refractivity contribution in [1.82, 2.24) is 10.2 Å². The number of carbonyl (C=O) groups is 3. The maximum Gasteiger partial charge on any atom is 0.356 e. The first-order chi connectivity index (χ1) is 25.7. The van der Waals surface area contributed by atoms with Crippen LogP contribution in [0.25, 0.3) is 0 Å². The topological polar surface area (TPSA) is 117 Å². The van der Waals surface area contributed by atoms with Crippen LogP contribution in [0.4, 0.5) is 0 Å². The fourth-order valence-electron chi connectivity index (χ4n) is 6.02. The molecular formula is C39H29Cl3N2O7S2. The highest BCUT2D eigenvalue weighted by Gasteiger charge is 2.61. The minimum absolute atomic E-state index is 0.0612. The number of hydrogen-bond donors (Lipinski definition) is 1. The number of rotatable bonds is 12. The minimum Gasteiger partial charge on any atom is -0.614 e. The molecule has 5 aromatic rings. The zero-order chi connectivity index (χ0) is 37.1. The molecule has 0 spiro atoms. The SMILES string of the molecule is O=C(Cc1cccs1)NC1C(=O)N2C(C(=O)OC(c3ccccc3)c3ccccc3)=C(COc3cc(Cl)ccc3Oc3ccc(Cl)cc3Cl)C[S+]([O-])[C@H]12. The van der Waals surface area contributed by atoms with Crippen LogP contribution in [0, 0.1) is 0 Å². The third-order valence-electron chi connectivity index (χ3n) is 8.48. The van der Waals surface area contributed by atoms with E-state index >= 15 is 0 Å². The monoisotopic (exact) mass is 806 g/mol. The Bertz CT molecular complexity index is 2130. The van der Waals surface area contributed by atoms with E-state index in [4.69, 9.17) is 49.0 Å². The smallest absolute Gasteiger partial charge is 0.356 e. The molecule has 1 aromatic heterocycles. The van der Waals surface area contributed by atoms with Gasteiger partial charge in [0.05, 0.1) is 11.4 Å². The number of hydrogen-bond acceptors (Lipinski definition) is 8. The molecule has 0 saturated carbocycles. The van der Waals surface area contributed by atoms with Gasteiger partial charge in [-0.25, -0.2) is 4.79 Å². The van der Waals surface area contributed by atoms with Crippen LogP contribution < -0.4 is 14.8 Å². The third kappa shape index (κ3) is 8.21. The van der Waals surface area contributed by atoms with Gasteiger partial charge in [-0.3, -0.25) is 14.5 Å². The lowest BCUT2D eigenvalue weighted by Gasteiger charge is -2.49. The fraction of sp³-hybridized carbons (Fsp3) is 0.154. The number of fused-ring (bicyclic) bond motifs is 1. The van der Waals surface area contributed by atoms with E-state index < -0.39 is 46.5 Å². The zero-order valence-electron chi connectivity index (χ0n) is 27.6. The van der Waals surface area contributed by atoms with E-state index in [9.17, 15) is 18.9 Å². The average molecular weight is 808 g/mol. The molecule has 3 heterocycles. The van der Waals surface area contributed by atoms with Crippen LogP contribution in [-0.2, 0) is 36.7 Å². The number of benzene rings is 4. The minimum atomic E-state index is -1.73. The number of esters is 1. The van der Waals surface area contributed by atoms with Crippen molar-refractivity contribution in [3.63, 3.8) is 0 Å². The number of β-lactam (4-membered cyclic amide) rings is 1. The second-order valence-electron chi connectivity index (χ2n) is 12.0. The summed E-state index contributed by atoms with van der Waals surface area (Å²) in [5, 5.41) is 4.61. The van der Waals surface area contributed by atoms with Gasteiger partial charge >= 0.3 is 5.97 Å². The summed E-state index contributed by atoms with van der Waals surface area (Å²) in [6.45, 7) is -0.283. The van der Waals surface area contributed by atoms with Crippen LogP contribution in [0.2, 0.25) is 15.1 Å². The quantitative estimate of drug-likeness (QED) is 0.0769. The molecule has 2 unspecified atom stereocenters. The maximum absolute atomic E-state index is 14.4. The van der Waals surface area contributed by atoms with Crippen molar-refractivity contribution in [3.05, 3.63) is 157 Å². The standard InChI is InChI=1S/C39H29Cl3N2O7S2/c40-26-13-15-30(29(42)18-26)50-31-16-14-27(41)19-32(31)49-21-25-22-53(48)38-34(43-33(45)20-28-12-7-17-52-28)37(46)44(38)35(25)39(47)51-36(23-8-3-1-4-9-23)24-10-5-2-6-11-24/h1-19,34,36,38H,20-22H2,(H,43,45)/t34?,38-,53?/m1/s1. The molecule has 1 N–H and O–H groups in total. The number of nitrogens with one attached hydrogen (secondary N) is 1. The number of halogens is 3. The van der Waals surface area contributed by atoms with Gasteiger partial charge in [0.15, 0.2) is 23.6 Å². The molecule has 4 aromatic carbocycles. The number of nitrogens with zero attached hydrogens (tertiary/aromatic N) is 1. The molecule has 0 aliphatic carbocycles. The normalized spacial score (nSPS) is 17.9. The van der Waals surface area contributed by atoms with E-state index in [1.54, 1.807) is 24.3 Å². The van der Waals surface area contributed by atoms with E-state index in [0.717, 1.165) is 9.78 Å². The Hall–Kier alpha value is -4.49. The first-order valence-electron chi connectivity index (χ1n) is 16.3. The van der Waals surface area contributed by atoms with E-state index in [0.29, 0.717) is 26.9 Å². The predicted octanol–water partition coefficient (Wildman–Crippen LogP) is 8.12. The first kappa shape index (κ1) is 36.9. The van der Waals surface area contributed by atoms with Gasteiger partial charge in [0.25, 0.3) is 5.91 Å². The molecule has 2 aliphatic rings. The fourth-order valence-corrected chi connectivity index (χ4v) is 9.00. The maximum atomic E-state index is 14.4. The molecule has 1 fully saturated rings. The largest absolute Gasteiger partial charge is 0.614 e. The predicted molar refractivity (Wildman–Crippen MR) is 205 cm³/mol. The summed E-state index contributed by atoms with van der Waals surface area (Å²) in [7, 11) is 0. The lowest BCUT2D eigenvalue weighted by atomic mass is 10.0. The summed E-state index contributed by atoms with van der Waals surface area (Å²) in [5.41, 5.74) is 1.55. The van der Waals surface area contributed by atoms with Gasteiger partial charge in [-0.1, -0.05) is 102 Å². The lowest BCUT2D eigenvalue weighted by molar-refractivity contribution is -0.155. The summed E-state index contributed by atoms with van der Waals surface area (Å²) >= 11 is 18.4. The number of carbonyl (C=O) groups excluding carboxylic acids is 3.